The Balaban J connectivity index is 2.46. The second kappa shape index (κ2) is 8.09. The summed E-state index contributed by atoms with van der Waals surface area (Å²) in [6.45, 7) is 19.3. The molecular formula is C21H38N2O2. The summed E-state index contributed by atoms with van der Waals surface area (Å²) >= 11 is 0. The van der Waals surface area contributed by atoms with Crippen LogP contribution in [0.3, 0.4) is 0 Å². The third-order valence-corrected chi connectivity index (χ3v) is 5.22. The normalized spacial score (nSPS) is 24.2. The van der Waals surface area contributed by atoms with Gasteiger partial charge in [0, 0.05) is 0 Å². The first kappa shape index (κ1) is 20.3. The zero-order valence-corrected chi connectivity index (χ0v) is 17.5. The van der Waals surface area contributed by atoms with Gasteiger partial charge >= 0.3 is 0 Å². The summed E-state index contributed by atoms with van der Waals surface area (Å²) in [5.74, 6) is 3.76. The average molecular weight is 351 g/mol. The highest BCUT2D eigenvalue weighted by Crippen LogP contribution is 2.42. The number of rotatable bonds is 8. The van der Waals surface area contributed by atoms with Gasteiger partial charge in [0.1, 0.15) is 18.6 Å². The van der Waals surface area contributed by atoms with Crippen LogP contribution in [-0.2, 0) is 9.47 Å². The summed E-state index contributed by atoms with van der Waals surface area (Å²) in [6.07, 6.45) is 1.94. The highest BCUT2D eigenvalue weighted by molar-refractivity contribution is 6.06. The molecule has 0 saturated carbocycles. The highest BCUT2D eigenvalue weighted by atomic mass is 16.5. The van der Waals surface area contributed by atoms with Gasteiger partial charge in [0.25, 0.3) is 0 Å². The molecule has 0 aromatic rings. The summed E-state index contributed by atoms with van der Waals surface area (Å²) in [5.41, 5.74) is -0.310. The minimum absolute atomic E-state index is 0.247. The van der Waals surface area contributed by atoms with Crippen molar-refractivity contribution in [2.45, 2.75) is 80.3 Å². The molecule has 0 aromatic heterocycles. The third-order valence-electron chi connectivity index (χ3n) is 5.22. The molecule has 0 N–H and O–H groups in total. The Morgan fingerprint density at radius 1 is 0.760 bits per heavy atom. The SMILES string of the molecule is CC(C)CC(CC(C)C)(C1=N[C@@H](C(C)C)CO1)C1=N[C@@H](C(C)C)CO1. The maximum atomic E-state index is 6.19. The van der Waals surface area contributed by atoms with Crippen molar-refractivity contribution < 1.29 is 9.47 Å². The van der Waals surface area contributed by atoms with E-state index in [2.05, 4.69) is 55.4 Å². The molecular weight excluding hydrogens is 312 g/mol. The molecule has 25 heavy (non-hydrogen) atoms. The monoisotopic (exact) mass is 350 g/mol. The Kier molecular flexibility index (Phi) is 6.56. The van der Waals surface area contributed by atoms with Crippen LogP contribution >= 0.6 is 0 Å². The van der Waals surface area contributed by atoms with Crippen LogP contribution in [0, 0.1) is 29.1 Å². The van der Waals surface area contributed by atoms with Gasteiger partial charge in [-0.2, -0.15) is 0 Å². The first-order valence-corrected chi connectivity index (χ1v) is 10.1. The molecule has 0 aliphatic carbocycles. The van der Waals surface area contributed by atoms with E-state index in [0.717, 1.165) is 24.6 Å². The lowest BCUT2D eigenvalue weighted by atomic mass is 9.73. The Morgan fingerprint density at radius 3 is 1.36 bits per heavy atom. The first-order chi connectivity index (χ1) is 11.7. The van der Waals surface area contributed by atoms with Gasteiger partial charge in [0.05, 0.1) is 12.1 Å². The van der Waals surface area contributed by atoms with E-state index in [1.807, 2.05) is 0 Å². The van der Waals surface area contributed by atoms with Crippen LogP contribution in [0.2, 0.25) is 0 Å². The van der Waals surface area contributed by atoms with E-state index in [9.17, 15) is 0 Å². The molecule has 4 nitrogen and oxygen atoms in total. The Labute approximate surface area is 154 Å². The van der Waals surface area contributed by atoms with Crippen molar-refractivity contribution in [3.63, 3.8) is 0 Å². The summed E-state index contributed by atoms with van der Waals surface area (Å²) in [4.78, 5) is 10.0. The first-order valence-electron chi connectivity index (χ1n) is 10.1. The molecule has 4 heteroatoms. The van der Waals surface area contributed by atoms with Gasteiger partial charge in [-0.05, 0) is 36.5 Å². The predicted octanol–water partition coefficient (Wildman–Crippen LogP) is 4.97. The smallest absolute Gasteiger partial charge is 0.199 e. The van der Waals surface area contributed by atoms with E-state index >= 15 is 0 Å². The van der Waals surface area contributed by atoms with Crippen LogP contribution in [0.4, 0.5) is 0 Å². The number of hydrogen-bond acceptors (Lipinski definition) is 4. The van der Waals surface area contributed by atoms with Crippen molar-refractivity contribution >= 4 is 11.8 Å². The van der Waals surface area contributed by atoms with Gasteiger partial charge in [-0.3, -0.25) is 0 Å². The molecule has 0 radical (unpaired) electrons. The van der Waals surface area contributed by atoms with Gasteiger partial charge in [-0.15, -0.1) is 0 Å². The van der Waals surface area contributed by atoms with Crippen LogP contribution in [0.5, 0.6) is 0 Å². The number of hydrogen-bond donors (Lipinski definition) is 0. The Hall–Kier alpha value is -1.06. The Bertz CT molecular complexity index is 460. The van der Waals surface area contributed by atoms with Crippen molar-refractivity contribution in [3.05, 3.63) is 0 Å². The second-order valence-corrected chi connectivity index (χ2v) is 9.39. The lowest BCUT2D eigenvalue weighted by Crippen LogP contribution is -2.42. The highest BCUT2D eigenvalue weighted by Gasteiger charge is 2.49. The molecule has 0 aromatic carbocycles. The van der Waals surface area contributed by atoms with Crippen LogP contribution in [-0.4, -0.2) is 37.1 Å². The van der Waals surface area contributed by atoms with Crippen molar-refractivity contribution in [2.75, 3.05) is 13.2 Å². The predicted molar refractivity (Wildman–Crippen MR) is 105 cm³/mol. The van der Waals surface area contributed by atoms with Gasteiger partial charge in [0.15, 0.2) is 11.8 Å². The summed E-state index contributed by atoms with van der Waals surface area (Å²) in [5, 5.41) is 0. The summed E-state index contributed by atoms with van der Waals surface area (Å²) in [6, 6.07) is 0.494. The van der Waals surface area contributed by atoms with Crippen molar-refractivity contribution in [1.29, 1.82) is 0 Å². The van der Waals surface area contributed by atoms with Crippen LogP contribution in [0.25, 0.3) is 0 Å². The maximum absolute atomic E-state index is 6.19. The van der Waals surface area contributed by atoms with E-state index in [0.29, 0.717) is 36.9 Å². The van der Waals surface area contributed by atoms with Gasteiger partial charge in [0.2, 0.25) is 0 Å². The number of nitrogens with zero attached hydrogens (tertiary/aromatic N) is 2. The molecule has 0 saturated heterocycles. The summed E-state index contributed by atoms with van der Waals surface area (Å²) in [7, 11) is 0. The van der Waals surface area contributed by atoms with E-state index in [-0.39, 0.29) is 17.5 Å². The molecule has 2 heterocycles. The standard InChI is InChI=1S/C21H38N2O2/c1-13(2)9-21(10-14(3)4,19-22-17(11-24-19)15(5)6)20-23-18(12-25-20)16(7)8/h13-18H,9-12H2,1-8H3/t17-,18-/m1/s1. The number of aliphatic imine (C=N–C) groups is 2. The quantitative estimate of drug-likeness (QED) is 0.620. The zero-order valence-electron chi connectivity index (χ0n) is 17.5. The molecule has 0 amide bonds. The number of ether oxygens (including phenoxy) is 2. The van der Waals surface area contributed by atoms with Crippen molar-refractivity contribution in [1.82, 2.24) is 0 Å². The zero-order chi connectivity index (χ0) is 18.8. The fraction of sp³-hybridized carbons (Fsp3) is 0.905. The van der Waals surface area contributed by atoms with Gasteiger partial charge in [-0.25, -0.2) is 9.98 Å². The van der Waals surface area contributed by atoms with Gasteiger partial charge in [-0.1, -0.05) is 55.4 Å². The second-order valence-electron chi connectivity index (χ2n) is 9.39. The molecule has 0 bridgehead atoms. The van der Waals surface area contributed by atoms with Crippen LogP contribution in [0.1, 0.15) is 68.2 Å². The minimum Gasteiger partial charge on any atom is -0.478 e. The average Bonchev–Trinajstić information content (AvgIpc) is 3.15. The lowest BCUT2D eigenvalue weighted by molar-refractivity contribution is 0.208. The van der Waals surface area contributed by atoms with E-state index in [1.165, 1.54) is 0 Å². The summed E-state index contributed by atoms with van der Waals surface area (Å²) < 4.78 is 12.4. The minimum atomic E-state index is -0.310. The lowest BCUT2D eigenvalue weighted by Gasteiger charge is -2.35. The van der Waals surface area contributed by atoms with E-state index < -0.39 is 0 Å². The molecule has 2 aliphatic heterocycles. The van der Waals surface area contributed by atoms with Crippen molar-refractivity contribution in [2.24, 2.45) is 39.1 Å². The topological polar surface area (TPSA) is 43.2 Å². The molecule has 2 rings (SSSR count). The molecule has 144 valence electrons. The maximum Gasteiger partial charge on any atom is 0.199 e. The van der Waals surface area contributed by atoms with E-state index in [4.69, 9.17) is 19.5 Å². The fourth-order valence-corrected chi connectivity index (χ4v) is 3.90. The third kappa shape index (κ3) is 4.57. The molecule has 0 fully saturated rings. The largest absolute Gasteiger partial charge is 0.478 e. The molecule has 2 aliphatic rings. The van der Waals surface area contributed by atoms with E-state index in [1.54, 1.807) is 0 Å². The van der Waals surface area contributed by atoms with Crippen LogP contribution in [0.15, 0.2) is 9.98 Å². The fourth-order valence-electron chi connectivity index (χ4n) is 3.90. The molecule has 0 unspecified atom stereocenters. The van der Waals surface area contributed by atoms with Crippen LogP contribution < -0.4 is 0 Å². The molecule has 0 spiro atoms. The molecule has 2 atom stereocenters. The van der Waals surface area contributed by atoms with Gasteiger partial charge < -0.3 is 9.47 Å². The Morgan fingerprint density at radius 2 is 1.12 bits per heavy atom. The van der Waals surface area contributed by atoms with Crippen molar-refractivity contribution in [3.8, 4) is 0 Å².